The Morgan fingerprint density at radius 3 is 1.48 bits per heavy atom. The Morgan fingerprint density at radius 1 is 0.607 bits per heavy atom. The monoisotopic (exact) mass is 874 g/mol. The molecule has 5 amide bonds. The van der Waals surface area contributed by atoms with Gasteiger partial charge in [-0.15, -0.1) is 0 Å². The van der Waals surface area contributed by atoms with E-state index in [2.05, 4.69) is 36.3 Å². The minimum absolute atomic E-state index is 0.0152. The van der Waals surface area contributed by atoms with Gasteiger partial charge in [-0.05, 0) is 62.2 Å². The summed E-state index contributed by atoms with van der Waals surface area (Å²) in [7, 11) is 1.30. The van der Waals surface area contributed by atoms with Crippen LogP contribution in [0.1, 0.15) is 121 Å². The van der Waals surface area contributed by atoms with Gasteiger partial charge in [0.15, 0.2) is 5.96 Å². The highest BCUT2D eigenvalue weighted by Gasteiger charge is 2.34. The number of amides is 5. The number of guanidine groups is 1. The number of carbonyl (C=O) groups is 7. The summed E-state index contributed by atoms with van der Waals surface area (Å²) in [5.74, 6) is -4.61. The molecule has 0 aromatic rings. The van der Waals surface area contributed by atoms with Crippen molar-refractivity contribution in [2.45, 2.75) is 170 Å². The third-order valence-electron chi connectivity index (χ3n) is 9.16. The summed E-state index contributed by atoms with van der Waals surface area (Å²) in [6.45, 7) is 20.3. The molecular formula is C41H79N9O11. The molecule has 0 aliphatic rings. The van der Waals surface area contributed by atoms with Gasteiger partial charge in [0.1, 0.15) is 24.2 Å². The Balaban J connectivity index is 0. The van der Waals surface area contributed by atoms with E-state index in [0.717, 1.165) is 0 Å². The number of hydrogen-bond acceptors (Lipinski definition) is 12. The number of hydrogen-bond donors (Lipinski definition) is 11. The Labute approximate surface area is 362 Å². The van der Waals surface area contributed by atoms with Crippen LogP contribution < -0.4 is 43.8 Å². The van der Waals surface area contributed by atoms with Crippen LogP contribution in [0, 0.1) is 29.6 Å². The van der Waals surface area contributed by atoms with E-state index in [1.54, 1.807) is 27.7 Å². The molecule has 0 saturated heterocycles. The van der Waals surface area contributed by atoms with Gasteiger partial charge >= 0.3 is 11.9 Å². The summed E-state index contributed by atoms with van der Waals surface area (Å²) in [6.07, 6.45) is -1.59. The van der Waals surface area contributed by atoms with Crippen LogP contribution in [0.4, 0.5) is 0 Å². The number of aliphatic hydroxyl groups is 2. The van der Waals surface area contributed by atoms with Crippen molar-refractivity contribution < 1.29 is 53.6 Å². The largest absolute Gasteiger partial charge is 0.481 e. The number of aliphatic hydroxyl groups excluding tert-OH is 2. The second kappa shape index (κ2) is 30.5. The molecule has 354 valence electrons. The third-order valence-corrected chi connectivity index (χ3v) is 9.16. The average Bonchev–Trinajstić information content (AvgIpc) is 3.12. The van der Waals surface area contributed by atoms with Crippen LogP contribution in [0.3, 0.4) is 0 Å². The highest BCUT2D eigenvalue weighted by atomic mass is 16.5. The average molecular weight is 874 g/mol. The second-order valence-corrected chi connectivity index (χ2v) is 17.4. The summed E-state index contributed by atoms with van der Waals surface area (Å²) < 4.78 is 4.44. The lowest BCUT2D eigenvalue weighted by atomic mass is 9.95. The van der Waals surface area contributed by atoms with E-state index < -0.39 is 96.9 Å². The summed E-state index contributed by atoms with van der Waals surface area (Å²) >= 11 is 0. The van der Waals surface area contributed by atoms with E-state index in [1.165, 1.54) is 14.0 Å². The molecule has 8 atom stereocenters. The number of carbonyl (C=O) groups excluding carboxylic acids is 6. The number of aliphatic carboxylic acids is 1. The van der Waals surface area contributed by atoms with Gasteiger partial charge in [-0.3, -0.25) is 38.6 Å². The molecule has 14 N–H and O–H groups in total. The van der Waals surface area contributed by atoms with Crippen molar-refractivity contribution in [2.75, 3.05) is 13.7 Å². The SMILES string of the molecule is CC(C)CC(=O)N[C@H](C(=O)N[C@H](C(=O)N[C@@H](CC(C)C)[C@@H](O)CC(=O)N[C@@H](C)C(=O)N[C@@H](CC(C)C)[C@@H](O)CC(=O)O)C(C)C)C(C)C.COC(=O)C(N)CCCN=C(N)N. The van der Waals surface area contributed by atoms with Gasteiger partial charge in [0, 0.05) is 13.0 Å². The van der Waals surface area contributed by atoms with Crippen LogP contribution in [0.2, 0.25) is 0 Å². The predicted octanol–water partition coefficient (Wildman–Crippen LogP) is 0.00750. The summed E-state index contributed by atoms with van der Waals surface area (Å²) in [5, 5.41) is 43.9. The number of methoxy groups -OCH3 is 1. The van der Waals surface area contributed by atoms with Crippen LogP contribution in [0.5, 0.6) is 0 Å². The minimum atomic E-state index is -1.33. The second-order valence-electron chi connectivity index (χ2n) is 17.4. The van der Waals surface area contributed by atoms with Crippen LogP contribution in [-0.2, 0) is 38.3 Å². The fraction of sp³-hybridized carbons (Fsp3) is 0.805. The molecule has 0 saturated carbocycles. The van der Waals surface area contributed by atoms with Gasteiger partial charge in [-0.2, -0.15) is 0 Å². The van der Waals surface area contributed by atoms with Gasteiger partial charge in [0.2, 0.25) is 29.5 Å². The third kappa shape index (κ3) is 27.1. The van der Waals surface area contributed by atoms with Crippen molar-refractivity contribution in [3.8, 4) is 0 Å². The smallest absolute Gasteiger partial charge is 0.322 e. The molecule has 0 radical (unpaired) electrons. The maximum absolute atomic E-state index is 13.5. The zero-order valence-electron chi connectivity index (χ0n) is 38.4. The first kappa shape index (κ1) is 58.5. The number of carboxylic acid groups (broad SMARTS) is 1. The predicted molar refractivity (Wildman–Crippen MR) is 232 cm³/mol. The van der Waals surface area contributed by atoms with Crippen molar-refractivity contribution >= 4 is 47.4 Å². The van der Waals surface area contributed by atoms with E-state index in [0.29, 0.717) is 32.2 Å². The van der Waals surface area contributed by atoms with Crippen LogP contribution in [-0.4, -0.2) is 125 Å². The van der Waals surface area contributed by atoms with Gasteiger partial charge < -0.3 is 63.8 Å². The van der Waals surface area contributed by atoms with Crippen molar-refractivity contribution in [2.24, 2.45) is 51.8 Å². The quantitative estimate of drug-likeness (QED) is 0.0224. The lowest BCUT2D eigenvalue weighted by molar-refractivity contribution is -0.142. The zero-order chi connectivity index (χ0) is 47.7. The molecule has 0 fully saturated rings. The highest BCUT2D eigenvalue weighted by Crippen LogP contribution is 2.15. The summed E-state index contributed by atoms with van der Waals surface area (Å²) in [6, 6.07) is -5.20. The fourth-order valence-corrected chi connectivity index (χ4v) is 5.94. The Bertz CT molecular complexity index is 1400. The van der Waals surface area contributed by atoms with Crippen LogP contribution in [0.15, 0.2) is 4.99 Å². The number of nitrogens with zero attached hydrogens (tertiary/aromatic N) is 1. The lowest BCUT2D eigenvalue weighted by Gasteiger charge is -2.31. The first-order valence-electron chi connectivity index (χ1n) is 21.1. The molecule has 20 heteroatoms. The number of nitrogens with two attached hydrogens (primary N) is 3. The van der Waals surface area contributed by atoms with Crippen molar-refractivity contribution in [1.29, 1.82) is 0 Å². The van der Waals surface area contributed by atoms with Crippen LogP contribution >= 0.6 is 0 Å². The fourth-order valence-electron chi connectivity index (χ4n) is 5.94. The van der Waals surface area contributed by atoms with Gasteiger partial charge in [-0.1, -0.05) is 69.2 Å². The maximum Gasteiger partial charge on any atom is 0.322 e. The van der Waals surface area contributed by atoms with Crippen molar-refractivity contribution in [3.05, 3.63) is 0 Å². The summed E-state index contributed by atoms with van der Waals surface area (Å²) in [4.78, 5) is 90.5. The molecule has 0 aliphatic heterocycles. The summed E-state index contributed by atoms with van der Waals surface area (Å²) in [5.41, 5.74) is 15.7. The number of ether oxygens (including phenoxy) is 1. The molecule has 0 spiro atoms. The number of carboxylic acids is 1. The number of aliphatic imine (C=N–C) groups is 1. The Kier molecular flexibility index (Phi) is 29.2. The molecule has 0 rings (SSSR count). The molecule has 20 nitrogen and oxygen atoms in total. The normalized spacial score (nSPS) is 15.2. The maximum atomic E-state index is 13.5. The van der Waals surface area contributed by atoms with Gasteiger partial charge in [0.25, 0.3) is 0 Å². The number of nitrogens with one attached hydrogen (secondary N) is 5. The zero-order valence-corrected chi connectivity index (χ0v) is 38.4. The molecule has 0 aromatic heterocycles. The molecule has 0 aromatic carbocycles. The molecule has 0 aliphatic carbocycles. The van der Waals surface area contributed by atoms with E-state index in [4.69, 9.17) is 22.3 Å². The number of rotatable bonds is 27. The standard InChI is InChI=1S/C34H63N5O9.C7H16N4O2/c1-17(2)12-23(37-33(47)31(21(9)10)39-34(48)30(20(7)8)38-27(42)14-19(5)6)25(40)15-28(43)35-22(11)32(46)36-24(13-18(3)4)26(41)16-29(44)45;1-13-6(12)5(8)3-2-4-11-7(9)10/h17-26,30-31,40-41H,12-16H2,1-11H3,(H,35,43)(H,36,46)(H,37,47)(H,38,42)(H,39,48)(H,44,45);5H,2-4,8H2,1H3,(H4,9,10,11)/t22-,23-,24-,25-,26-,30-,31-;/m0./s1. The topological polar surface area (TPSA) is 340 Å². The van der Waals surface area contributed by atoms with E-state index in [1.807, 2.05) is 41.5 Å². The first-order chi connectivity index (χ1) is 28.1. The number of esters is 1. The first-order valence-corrected chi connectivity index (χ1v) is 21.1. The highest BCUT2D eigenvalue weighted by molar-refractivity contribution is 5.92. The Hall–Kier alpha value is -4.56. The van der Waals surface area contributed by atoms with Gasteiger partial charge in [0.05, 0.1) is 44.2 Å². The Morgan fingerprint density at radius 2 is 1.05 bits per heavy atom. The van der Waals surface area contributed by atoms with Crippen molar-refractivity contribution in [3.63, 3.8) is 0 Å². The molecule has 0 bridgehead atoms. The van der Waals surface area contributed by atoms with Crippen molar-refractivity contribution in [1.82, 2.24) is 26.6 Å². The van der Waals surface area contributed by atoms with E-state index in [9.17, 15) is 43.8 Å². The minimum Gasteiger partial charge on any atom is -0.481 e. The lowest BCUT2D eigenvalue weighted by Crippen LogP contribution is -2.59. The molecule has 1 unspecified atom stereocenters. The molecule has 61 heavy (non-hydrogen) atoms. The van der Waals surface area contributed by atoms with E-state index in [-0.39, 0.29) is 47.9 Å². The van der Waals surface area contributed by atoms with Crippen LogP contribution in [0.25, 0.3) is 0 Å². The molecular weight excluding hydrogens is 795 g/mol. The van der Waals surface area contributed by atoms with Gasteiger partial charge in [-0.25, -0.2) is 0 Å². The molecule has 0 heterocycles. The van der Waals surface area contributed by atoms with E-state index >= 15 is 0 Å².